The van der Waals surface area contributed by atoms with Gasteiger partial charge in [0.25, 0.3) is 0 Å². The molecule has 12 heteroatoms. The summed E-state index contributed by atoms with van der Waals surface area (Å²) in [5, 5.41) is 30.9. The zero-order valence-electron chi connectivity index (χ0n) is 15.8. The molecule has 1 aromatic carbocycles. The van der Waals surface area contributed by atoms with Gasteiger partial charge in [0.05, 0.1) is 18.3 Å². The van der Waals surface area contributed by atoms with Gasteiger partial charge in [-0.1, -0.05) is 24.3 Å². The molecule has 4 rings (SSSR count). The fourth-order valence-corrected chi connectivity index (χ4v) is 4.51. The number of aliphatic hydroxyl groups excluding tert-OH is 2. The molecule has 6 N–H and O–H groups in total. The largest absolute Gasteiger partial charge is 0.388 e. The highest BCUT2D eigenvalue weighted by Crippen LogP contribution is 2.33. The number of aliphatic hydroxyl groups is 2. The topological polar surface area (TPSA) is 160 Å². The van der Waals surface area contributed by atoms with Crippen molar-refractivity contribution in [3.63, 3.8) is 0 Å². The Kier molecular flexibility index (Phi) is 5.59. The van der Waals surface area contributed by atoms with Gasteiger partial charge in [0, 0.05) is 6.42 Å². The normalized spacial score (nSPS) is 28.3. The van der Waals surface area contributed by atoms with Gasteiger partial charge in [-0.05, 0) is 24.0 Å². The predicted octanol–water partition coefficient (Wildman–Crippen LogP) is 0.210. The fourth-order valence-electron chi connectivity index (χ4n) is 3.98. The van der Waals surface area contributed by atoms with E-state index in [9.17, 15) is 23.0 Å². The molecule has 30 heavy (non-hydrogen) atoms. The Labute approximate surface area is 172 Å². The highest BCUT2D eigenvalue weighted by Gasteiger charge is 2.44. The van der Waals surface area contributed by atoms with E-state index in [1.165, 1.54) is 5.56 Å². The molecular weight excluding hydrogens is 417 g/mol. The Morgan fingerprint density at radius 2 is 1.97 bits per heavy atom. The molecule has 2 aliphatic carbocycles. The average Bonchev–Trinajstić information content (AvgIpc) is 3.20. The molecule has 5 atom stereocenters. The van der Waals surface area contributed by atoms with E-state index in [1.807, 2.05) is 18.2 Å². The molecule has 2 aromatic rings. The van der Waals surface area contributed by atoms with Crippen molar-refractivity contribution in [1.82, 2.24) is 9.97 Å². The second kappa shape index (κ2) is 8.04. The van der Waals surface area contributed by atoms with Crippen molar-refractivity contribution in [2.45, 2.75) is 49.7 Å². The summed E-state index contributed by atoms with van der Waals surface area (Å²) in [6.07, 6.45) is -1.55. The van der Waals surface area contributed by atoms with Crippen LogP contribution in [0.25, 0.3) is 0 Å². The quantitative estimate of drug-likeness (QED) is 0.424. The Balaban J connectivity index is 1.48. The molecule has 0 unspecified atom stereocenters. The van der Waals surface area contributed by atoms with Crippen LogP contribution in [0.2, 0.25) is 0 Å². The van der Waals surface area contributed by atoms with Gasteiger partial charge in [0.2, 0.25) is 5.95 Å². The van der Waals surface area contributed by atoms with Crippen molar-refractivity contribution < 1.29 is 27.2 Å². The van der Waals surface area contributed by atoms with Gasteiger partial charge >= 0.3 is 10.3 Å². The maximum Gasteiger partial charge on any atom is 0.333 e. The molecule has 162 valence electrons. The van der Waals surface area contributed by atoms with Crippen molar-refractivity contribution in [3.8, 4) is 0 Å². The number of nitrogens with two attached hydrogens (primary N) is 1. The molecule has 0 spiro atoms. The zero-order chi connectivity index (χ0) is 21.5. The lowest BCUT2D eigenvalue weighted by Gasteiger charge is -2.19. The summed E-state index contributed by atoms with van der Waals surface area (Å²) in [7, 11) is -4.32. The van der Waals surface area contributed by atoms with Crippen LogP contribution in [0.15, 0.2) is 30.5 Å². The molecule has 1 fully saturated rings. The smallest absolute Gasteiger partial charge is 0.333 e. The minimum absolute atomic E-state index is 0.00838. The summed E-state index contributed by atoms with van der Waals surface area (Å²) in [5.41, 5.74) is 2.37. The van der Waals surface area contributed by atoms with E-state index in [-0.39, 0.29) is 24.2 Å². The summed E-state index contributed by atoms with van der Waals surface area (Å²) in [6, 6.07) is 7.09. The van der Waals surface area contributed by atoms with Crippen molar-refractivity contribution in [2.24, 2.45) is 5.14 Å². The third kappa shape index (κ3) is 4.37. The van der Waals surface area contributed by atoms with Crippen LogP contribution >= 0.6 is 0 Å². The van der Waals surface area contributed by atoms with Gasteiger partial charge < -0.3 is 20.8 Å². The van der Waals surface area contributed by atoms with Crippen LogP contribution in [0.1, 0.15) is 30.0 Å². The van der Waals surface area contributed by atoms with Crippen LogP contribution in [-0.2, 0) is 20.9 Å². The van der Waals surface area contributed by atoms with Crippen molar-refractivity contribution in [3.05, 3.63) is 47.4 Å². The van der Waals surface area contributed by atoms with E-state index in [1.54, 1.807) is 0 Å². The number of fused-ring (bicyclic) bond motifs is 1. The molecule has 0 amide bonds. The maximum absolute atomic E-state index is 14.3. The zero-order valence-corrected chi connectivity index (χ0v) is 16.6. The van der Waals surface area contributed by atoms with E-state index in [2.05, 4.69) is 30.9 Å². The highest BCUT2D eigenvalue weighted by molar-refractivity contribution is 7.84. The van der Waals surface area contributed by atoms with Crippen LogP contribution in [0, 0.1) is 5.82 Å². The molecule has 0 saturated heterocycles. The number of halogens is 1. The Morgan fingerprint density at radius 3 is 2.73 bits per heavy atom. The standard InChI is InChI=1S/C18H22FN5O5S/c19-11-8-21-18(23-12-6-5-9-3-1-2-4-10(9)12)24-17(11)22-13-7-14(16(26)15(13)25)29-30(20,27)28/h1-4,8,12-16,25-26H,5-7H2,(H2,20,27,28)(H2,21,22,23,24)/t12-,13+,14-,15-,16+/m0/s1. The van der Waals surface area contributed by atoms with Crippen molar-refractivity contribution >= 4 is 22.1 Å². The molecule has 10 nitrogen and oxygen atoms in total. The summed E-state index contributed by atoms with van der Waals surface area (Å²) in [5.74, 6) is -0.748. The Morgan fingerprint density at radius 1 is 1.20 bits per heavy atom. The molecule has 0 radical (unpaired) electrons. The first-order chi connectivity index (χ1) is 14.2. The Hall–Kier alpha value is -2.38. The van der Waals surface area contributed by atoms with E-state index < -0.39 is 40.5 Å². The first-order valence-corrected chi connectivity index (χ1v) is 10.9. The molecule has 1 saturated carbocycles. The van der Waals surface area contributed by atoms with E-state index in [0.717, 1.165) is 24.6 Å². The molecule has 2 aliphatic rings. The second-order valence-corrected chi connectivity index (χ2v) is 8.60. The summed E-state index contributed by atoms with van der Waals surface area (Å²) in [4.78, 5) is 8.12. The third-order valence-corrected chi connectivity index (χ3v) is 5.90. The number of benzene rings is 1. The minimum atomic E-state index is -4.32. The van der Waals surface area contributed by atoms with Crippen LogP contribution in [0.3, 0.4) is 0 Å². The third-order valence-electron chi connectivity index (χ3n) is 5.39. The van der Waals surface area contributed by atoms with Crippen LogP contribution in [-0.4, -0.2) is 53.0 Å². The minimum Gasteiger partial charge on any atom is -0.388 e. The van der Waals surface area contributed by atoms with Gasteiger partial charge in [-0.25, -0.2) is 14.5 Å². The predicted molar refractivity (Wildman–Crippen MR) is 105 cm³/mol. The fraction of sp³-hybridized carbons (Fsp3) is 0.444. The number of aryl methyl sites for hydroxylation is 1. The van der Waals surface area contributed by atoms with E-state index >= 15 is 0 Å². The summed E-state index contributed by atoms with van der Waals surface area (Å²) >= 11 is 0. The number of aromatic nitrogens is 2. The Bertz CT molecular complexity index is 1040. The van der Waals surface area contributed by atoms with Crippen LogP contribution < -0.4 is 15.8 Å². The van der Waals surface area contributed by atoms with Crippen molar-refractivity contribution in [2.75, 3.05) is 10.6 Å². The SMILES string of the molecule is NS(=O)(=O)O[C@H]1C[C@@H](Nc2nc(N[C@H]3CCc4ccccc43)ncc2F)[C@H](O)[C@@H]1O. The maximum atomic E-state index is 14.3. The number of hydrogen-bond donors (Lipinski definition) is 5. The van der Waals surface area contributed by atoms with Gasteiger partial charge in [0.1, 0.15) is 18.3 Å². The first kappa shape index (κ1) is 20.9. The van der Waals surface area contributed by atoms with Gasteiger partial charge in [-0.15, -0.1) is 0 Å². The molecule has 1 heterocycles. The number of hydrogen-bond acceptors (Lipinski definition) is 9. The van der Waals surface area contributed by atoms with Crippen LogP contribution in [0.4, 0.5) is 16.2 Å². The molecule has 1 aromatic heterocycles. The monoisotopic (exact) mass is 439 g/mol. The lowest BCUT2D eigenvalue weighted by Crippen LogP contribution is -2.37. The van der Waals surface area contributed by atoms with Crippen LogP contribution in [0.5, 0.6) is 0 Å². The van der Waals surface area contributed by atoms with Gasteiger partial charge in [-0.2, -0.15) is 13.4 Å². The second-order valence-electron chi connectivity index (χ2n) is 7.42. The van der Waals surface area contributed by atoms with Gasteiger partial charge in [0.15, 0.2) is 11.6 Å². The summed E-state index contributed by atoms with van der Waals surface area (Å²) < 4.78 is 41.1. The van der Waals surface area contributed by atoms with E-state index in [0.29, 0.717) is 0 Å². The number of nitrogens with one attached hydrogen (secondary N) is 2. The number of rotatable bonds is 6. The van der Waals surface area contributed by atoms with E-state index in [4.69, 9.17) is 5.14 Å². The van der Waals surface area contributed by atoms with Crippen molar-refractivity contribution in [1.29, 1.82) is 0 Å². The summed E-state index contributed by atoms with van der Waals surface area (Å²) in [6.45, 7) is 0. The molecule has 0 bridgehead atoms. The highest BCUT2D eigenvalue weighted by atomic mass is 32.2. The molecular formula is C18H22FN5O5S. The number of nitrogens with zero attached hydrogens (tertiary/aromatic N) is 2. The molecule has 0 aliphatic heterocycles. The lowest BCUT2D eigenvalue weighted by molar-refractivity contribution is -0.00844. The lowest BCUT2D eigenvalue weighted by atomic mass is 10.1. The first-order valence-electron chi connectivity index (χ1n) is 9.42. The number of anilines is 2. The average molecular weight is 439 g/mol. The van der Waals surface area contributed by atoms with Gasteiger partial charge in [-0.3, -0.25) is 4.18 Å².